The molecule has 4 N–H and O–H groups in total. The number of nitrogens with zero attached hydrogens (tertiary/aromatic N) is 1. The number of nitrogens with two attached hydrogens (primary N) is 2. The third-order valence-corrected chi connectivity index (χ3v) is 2.48. The second-order valence-electron chi connectivity index (χ2n) is 3.95. The zero-order valence-electron chi connectivity index (χ0n) is 7.66. The van der Waals surface area contributed by atoms with E-state index in [1.165, 1.54) is 11.3 Å². The van der Waals surface area contributed by atoms with Gasteiger partial charge in [-0.1, -0.05) is 20.8 Å². The quantitative estimate of drug-likeness (QED) is 0.700. The van der Waals surface area contributed by atoms with Crippen LogP contribution in [0.1, 0.15) is 32.5 Å². The van der Waals surface area contributed by atoms with E-state index >= 15 is 0 Å². The summed E-state index contributed by atoms with van der Waals surface area (Å²) >= 11 is 1.44. The Hall–Kier alpha value is -0.610. The van der Waals surface area contributed by atoms with Gasteiger partial charge in [-0.15, -0.1) is 11.3 Å². The second kappa shape index (κ2) is 3.03. The van der Waals surface area contributed by atoms with Crippen LogP contribution in [0.25, 0.3) is 0 Å². The fourth-order valence-electron chi connectivity index (χ4n) is 0.887. The summed E-state index contributed by atoms with van der Waals surface area (Å²) in [4.78, 5) is 4.15. The number of nitrogen functional groups attached to an aromatic ring is 1. The Morgan fingerprint density at radius 2 is 2.08 bits per heavy atom. The smallest absolute Gasteiger partial charge is 0.180 e. The molecule has 4 heteroatoms. The Bertz CT molecular complexity index is 262. The molecule has 3 nitrogen and oxygen atoms in total. The number of anilines is 1. The van der Waals surface area contributed by atoms with Crippen molar-refractivity contribution >= 4 is 16.5 Å². The van der Waals surface area contributed by atoms with Crippen molar-refractivity contribution in [1.82, 2.24) is 4.98 Å². The van der Waals surface area contributed by atoms with E-state index in [9.17, 15) is 0 Å². The highest BCUT2D eigenvalue weighted by molar-refractivity contribution is 7.13. The Morgan fingerprint density at radius 3 is 2.42 bits per heavy atom. The third-order valence-electron chi connectivity index (χ3n) is 1.79. The number of aromatic nitrogens is 1. The van der Waals surface area contributed by atoms with Crippen molar-refractivity contribution in [2.75, 3.05) is 5.73 Å². The van der Waals surface area contributed by atoms with Gasteiger partial charge < -0.3 is 11.5 Å². The van der Waals surface area contributed by atoms with Crippen molar-refractivity contribution in [2.45, 2.75) is 26.8 Å². The van der Waals surface area contributed by atoms with Gasteiger partial charge in [0.15, 0.2) is 5.13 Å². The molecule has 1 rings (SSSR count). The summed E-state index contributed by atoms with van der Waals surface area (Å²) in [5, 5.41) is 2.51. The standard InChI is InChI=1S/C8H15N3S/c1-8(2,3)6(9)5-4-12-7(10)11-5/h4,6H,9H2,1-3H3,(H2,10,11)/t6-/m0/s1. The zero-order valence-corrected chi connectivity index (χ0v) is 8.48. The highest BCUT2D eigenvalue weighted by Gasteiger charge is 2.24. The van der Waals surface area contributed by atoms with Gasteiger partial charge in [-0.05, 0) is 5.41 Å². The van der Waals surface area contributed by atoms with E-state index in [4.69, 9.17) is 11.5 Å². The molecule has 0 fully saturated rings. The molecule has 68 valence electrons. The summed E-state index contributed by atoms with van der Waals surface area (Å²) in [5.74, 6) is 0. The van der Waals surface area contributed by atoms with Gasteiger partial charge in [-0.2, -0.15) is 0 Å². The lowest BCUT2D eigenvalue weighted by Crippen LogP contribution is -2.26. The van der Waals surface area contributed by atoms with E-state index in [0.717, 1.165) is 5.69 Å². The van der Waals surface area contributed by atoms with Crippen molar-refractivity contribution in [3.63, 3.8) is 0 Å². The van der Waals surface area contributed by atoms with Crippen LogP contribution in [0.5, 0.6) is 0 Å². The lowest BCUT2D eigenvalue weighted by atomic mass is 9.86. The van der Waals surface area contributed by atoms with Crippen LogP contribution in [0.15, 0.2) is 5.38 Å². The van der Waals surface area contributed by atoms with E-state index in [1.54, 1.807) is 0 Å². The van der Waals surface area contributed by atoms with Gasteiger partial charge in [0.1, 0.15) is 0 Å². The number of thiazole rings is 1. The van der Waals surface area contributed by atoms with E-state index in [-0.39, 0.29) is 11.5 Å². The van der Waals surface area contributed by atoms with Gasteiger partial charge in [0.25, 0.3) is 0 Å². The lowest BCUT2D eigenvalue weighted by molar-refractivity contribution is 0.322. The number of hydrogen-bond donors (Lipinski definition) is 2. The maximum absolute atomic E-state index is 5.97. The fourth-order valence-corrected chi connectivity index (χ4v) is 1.49. The average Bonchev–Trinajstić information content (AvgIpc) is 2.32. The van der Waals surface area contributed by atoms with Crippen LogP contribution >= 0.6 is 11.3 Å². The Labute approximate surface area is 76.8 Å². The van der Waals surface area contributed by atoms with Crippen LogP contribution in [-0.2, 0) is 0 Å². The normalized spacial score (nSPS) is 14.7. The van der Waals surface area contributed by atoms with Crippen molar-refractivity contribution < 1.29 is 0 Å². The molecule has 0 saturated heterocycles. The van der Waals surface area contributed by atoms with Crippen molar-refractivity contribution in [3.8, 4) is 0 Å². The SMILES string of the molecule is CC(C)(C)[C@@H](N)c1csc(N)n1. The summed E-state index contributed by atoms with van der Waals surface area (Å²) in [6.07, 6.45) is 0. The van der Waals surface area contributed by atoms with Gasteiger partial charge in [-0.25, -0.2) is 4.98 Å². The second-order valence-corrected chi connectivity index (χ2v) is 4.84. The molecule has 1 aromatic heterocycles. The number of hydrogen-bond acceptors (Lipinski definition) is 4. The maximum atomic E-state index is 5.97. The van der Waals surface area contributed by atoms with Crippen LogP contribution < -0.4 is 11.5 Å². The molecule has 0 amide bonds. The molecule has 0 spiro atoms. The van der Waals surface area contributed by atoms with E-state index < -0.39 is 0 Å². The molecule has 1 atom stereocenters. The lowest BCUT2D eigenvalue weighted by Gasteiger charge is -2.25. The molecule has 1 heterocycles. The first-order valence-corrected chi connectivity index (χ1v) is 4.75. The van der Waals surface area contributed by atoms with E-state index in [1.807, 2.05) is 5.38 Å². The topological polar surface area (TPSA) is 64.9 Å². The van der Waals surface area contributed by atoms with Crippen LogP contribution in [0.4, 0.5) is 5.13 Å². The largest absolute Gasteiger partial charge is 0.375 e. The highest BCUT2D eigenvalue weighted by atomic mass is 32.1. The first-order chi connectivity index (χ1) is 5.41. The molecule has 0 aliphatic heterocycles. The molecule has 0 aromatic carbocycles. The third kappa shape index (κ3) is 1.95. The summed E-state index contributed by atoms with van der Waals surface area (Å²) < 4.78 is 0. The molecule has 0 aliphatic rings. The van der Waals surface area contributed by atoms with Crippen molar-refractivity contribution in [3.05, 3.63) is 11.1 Å². The van der Waals surface area contributed by atoms with Crippen molar-refractivity contribution in [2.24, 2.45) is 11.1 Å². The minimum Gasteiger partial charge on any atom is -0.375 e. The van der Waals surface area contributed by atoms with Gasteiger partial charge in [0.2, 0.25) is 0 Å². The zero-order chi connectivity index (χ0) is 9.35. The predicted molar refractivity (Wildman–Crippen MR) is 52.9 cm³/mol. The molecule has 0 saturated carbocycles. The first-order valence-electron chi connectivity index (χ1n) is 3.88. The van der Waals surface area contributed by atoms with Crippen LogP contribution in [-0.4, -0.2) is 4.98 Å². The Morgan fingerprint density at radius 1 is 1.50 bits per heavy atom. The molecule has 0 radical (unpaired) electrons. The van der Waals surface area contributed by atoms with Gasteiger partial charge in [-0.3, -0.25) is 0 Å². The molecular weight excluding hydrogens is 170 g/mol. The summed E-state index contributed by atoms with van der Waals surface area (Å²) in [7, 11) is 0. The molecule has 0 aliphatic carbocycles. The Balaban J connectivity index is 2.85. The van der Waals surface area contributed by atoms with Gasteiger partial charge in [0.05, 0.1) is 11.7 Å². The summed E-state index contributed by atoms with van der Waals surface area (Å²) in [6.45, 7) is 6.27. The van der Waals surface area contributed by atoms with E-state index in [2.05, 4.69) is 25.8 Å². The molecule has 1 aromatic rings. The van der Waals surface area contributed by atoms with Crippen molar-refractivity contribution in [1.29, 1.82) is 0 Å². The molecule has 0 bridgehead atoms. The van der Waals surface area contributed by atoms with Crippen LogP contribution in [0.3, 0.4) is 0 Å². The predicted octanol–water partition coefficient (Wildman–Crippen LogP) is 1.77. The fraction of sp³-hybridized carbons (Fsp3) is 0.625. The first kappa shape index (κ1) is 9.48. The highest BCUT2D eigenvalue weighted by Crippen LogP contribution is 2.31. The molecular formula is C8H15N3S. The monoisotopic (exact) mass is 185 g/mol. The summed E-state index contributed by atoms with van der Waals surface area (Å²) in [6, 6.07) is -0.0361. The van der Waals surface area contributed by atoms with E-state index in [0.29, 0.717) is 5.13 Å². The van der Waals surface area contributed by atoms with Gasteiger partial charge >= 0.3 is 0 Å². The molecule has 12 heavy (non-hydrogen) atoms. The minimum atomic E-state index is -0.0361. The maximum Gasteiger partial charge on any atom is 0.180 e. The Kier molecular flexibility index (Phi) is 2.39. The van der Waals surface area contributed by atoms with Gasteiger partial charge in [0, 0.05) is 5.38 Å². The van der Waals surface area contributed by atoms with Crippen LogP contribution in [0, 0.1) is 5.41 Å². The average molecular weight is 185 g/mol. The molecule has 0 unspecified atom stereocenters. The number of rotatable bonds is 1. The minimum absolute atomic E-state index is 0.0361. The van der Waals surface area contributed by atoms with Crippen LogP contribution in [0.2, 0.25) is 0 Å². The summed E-state index contributed by atoms with van der Waals surface area (Å²) in [5.41, 5.74) is 12.4.